The molecular weight excluding hydrogens is 494 g/mol. The number of fused-ring (bicyclic) bond motifs is 1. The molecule has 0 radical (unpaired) electrons. The number of carboxylic acid groups (broad SMARTS) is 2. The molecule has 7 N–H and O–H groups in total. The summed E-state index contributed by atoms with van der Waals surface area (Å²) in [5.74, 6) is -4.43. The predicted molar refractivity (Wildman–Crippen MR) is 138 cm³/mol. The molecule has 12 nitrogen and oxygen atoms in total. The number of aromatic amines is 1. The van der Waals surface area contributed by atoms with Crippen molar-refractivity contribution in [2.24, 2.45) is 11.7 Å². The van der Waals surface area contributed by atoms with E-state index < -0.39 is 60.2 Å². The van der Waals surface area contributed by atoms with Crippen LogP contribution >= 0.6 is 0 Å². The van der Waals surface area contributed by atoms with Gasteiger partial charge in [0.2, 0.25) is 17.7 Å². The van der Waals surface area contributed by atoms with Gasteiger partial charge in [-0.1, -0.05) is 32.0 Å². The molecule has 1 fully saturated rings. The number of nitrogens with zero attached hydrogens (tertiary/aromatic N) is 1. The number of likely N-dealkylation sites (tertiary alicyclic amines) is 1. The Kier molecular flexibility index (Phi) is 9.45. The van der Waals surface area contributed by atoms with Gasteiger partial charge in [-0.15, -0.1) is 0 Å². The van der Waals surface area contributed by atoms with Crippen molar-refractivity contribution in [3.63, 3.8) is 0 Å². The summed E-state index contributed by atoms with van der Waals surface area (Å²) >= 11 is 0. The van der Waals surface area contributed by atoms with Gasteiger partial charge >= 0.3 is 11.9 Å². The first-order valence-electron chi connectivity index (χ1n) is 12.7. The van der Waals surface area contributed by atoms with Crippen molar-refractivity contribution in [1.82, 2.24) is 20.5 Å². The summed E-state index contributed by atoms with van der Waals surface area (Å²) in [5.41, 5.74) is 7.47. The molecule has 2 aromatic rings. The number of H-pyrrole nitrogens is 1. The Morgan fingerprint density at radius 2 is 1.76 bits per heavy atom. The lowest BCUT2D eigenvalue weighted by Gasteiger charge is -2.29. The Morgan fingerprint density at radius 1 is 1.08 bits per heavy atom. The smallest absolute Gasteiger partial charge is 0.326 e. The molecule has 4 unspecified atom stereocenters. The molecule has 1 aromatic heterocycles. The average molecular weight is 530 g/mol. The second kappa shape index (κ2) is 12.5. The van der Waals surface area contributed by atoms with Crippen molar-refractivity contribution in [2.45, 2.75) is 70.1 Å². The van der Waals surface area contributed by atoms with Gasteiger partial charge in [0.05, 0.1) is 6.04 Å². The van der Waals surface area contributed by atoms with Gasteiger partial charge in [-0.3, -0.25) is 19.2 Å². The van der Waals surface area contributed by atoms with Crippen LogP contribution in [0.4, 0.5) is 0 Å². The van der Waals surface area contributed by atoms with Crippen LogP contribution in [-0.4, -0.2) is 80.5 Å². The molecule has 1 aliphatic heterocycles. The summed E-state index contributed by atoms with van der Waals surface area (Å²) in [6.07, 6.45) is 1.99. The van der Waals surface area contributed by atoms with E-state index in [4.69, 9.17) is 10.8 Å². The highest BCUT2D eigenvalue weighted by Gasteiger charge is 2.38. The number of rotatable bonds is 12. The summed E-state index contributed by atoms with van der Waals surface area (Å²) in [5, 5.41) is 24.8. The fourth-order valence-electron chi connectivity index (χ4n) is 4.59. The molecule has 0 spiro atoms. The van der Waals surface area contributed by atoms with Crippen LogP contribution in [0.25, 0.3) is 10.9 Å². The van der Waals surface area contributed by atoms with Crippen LogP contribution in [0, 0.1) is 5.92 Å². The monoisotopic (exact) mass is 529 g/mol. The minimum Gasteiger partial charge on any atom is -0.481 e. The zero-order chi connectivity index (χ0) is 28.0. The van der Waals surface area contributed by atoms with E-state index in [1.165, 1.54) is 4.90 Å². The highest BCUT2D eigenvalue weighted by atomic mass is 16.4. The third kappa shape index (κ3) is 6.88. The highest BCUT2D eigenvalue weighted by Crippen LogP contribution is 2.23. The summed E-state index contributed by atoms with van der Waals surface area (Å²) in [6.45, 7) is 3.71. The van der Waals surface area contributed by atoms with Gasteiger partial charge in [-0.2, -0.15) is 0 Å². The summed E-state index contributed by atoms with van der Waals surface area (Å²) < 4.78 is 0. The molecule has 1 aliphatic rings. The van der Waals surface area contributed by atoms with E-state index in [1.54, 1.807) is 20.0 Å². The van der Waals surface area contributed by atoms with Crippen molar-refractivity contribution < 1.29 is 34.2 Å². The second-order valence-electron chi connectivity index (χ2n) is 9.92. The van der Waals surface area contributed by atoms with Crippen molar-refractivity contribution in [1.29, 1.82) is 0 Å². The molecule has 0 bridgehead atoms. The minimum absolute atomic E-state index is 0.0581. The number of amides is 3. The maximum absolute atomic E-state index is 13.6. The Labute approximate surface area is 219 Å². The zero-order valence-corrected chi connectivity index (χ0v) is 21.5. The standard InChI is InChI=1S/C26H35N5O7/c1-14(2)22(27)24(35)29-18(9-10-21(32)33)23(34)30-19(25(36)31-11-5-8-20(31)26(37)38)12-15-13-28-17-7-4-3-6-16(15)17/h3-4,6-7,13-14,18-20,22,28H,5,8-12,27H2,1-2H3,(H,29,35)(H,30,34)(H,32,33)(H,37,38). The van der Waals surface area contributed by atoms with Gasteiger partial charge in [-0.25, -0.2) is 4.79 Å². The molecule has 1 saturated heterocycles. The first-order chi connectivity index (χ1) is 18.0. The first-order valence-corrected chi connectivity index (χ1v) is 12.7. The van der Waals surface area contributed by atoms with Gasteiger partial charge in [0.25, 0.3) is 0 Å². The van der Waals surface area contributed by atoms with E-state index in [2.05, 4.69) is 15.6 Å². The molecule has 1 aromatic carbocycles. The van der Waals surface area contributed by atoms with Crippen LogP contribution in [0.5, 0.6) is 0 Å². The van der Waals surface area contributed by atoms with E-state index in [9.17, 15) is 29.1 Å². The van der Waals surface area contributed by atoms with Crippen LogP contribution in [0.3, 0.4) is 0 Å². The van der Waals surface area contributed by atoms with Crippen LogP contribution in [-0.2, 0) is 30.4 Å². The number of nitrogens with one attached hydrogen (secondary N) is 3. The number of hydrogen-bond donors (Lipinski definition) is 6. The van der Waals surface area contributed by atoms with Crippen molar-refractivity contribution in [3.8, 4) is 0 Å². The Morgan fingerprint density at radius 3 is 2.42 bits per heavy atom. The zero-order valence-electron chi connectivity index (χ0n) is 21.5. The van der Waals surface area contributed by atoms with Gasteiger partial charge in [0.15, 0.2) is 0 Å². The maximum Gasteiger partial charge on any atom is 0.326 e. The second-order valence-corrected chi connectivity index (χ2v) is 9.92. The molecule has 12 heteroatoms. The topological polar surface area (TPSA) is 195 Å². The Balaban J connectivity index is 1.88. The normalized spacial score (nSPS) is 17.7. The number of nitrogens with two attached hydrogens (primary N) is 1. The maximum atomic E-state index is 13.6. The van der Waals surface area contributed by atoms with E-state index in [0.717, 1.165) is 16.5 Å². The average Bonchev–Trinajstić information content (AvgIpc) is 3.52. The third-order valence-electron chi connectivity index (χ3n) is 6.84. The summed E-state index contributed by atoms with van der Waals surface area (Å²) in [7, 11) is 0. The molecule has 4 atom stereocenters. The van der Waals surface area contributed by atoms with Crippen LogP contribution < -0.4 is 16.4 Å². The van der Waals surface area contributed by atoms with E-state index >= 15 is 0 Å². The predicted octanol–water partition coefficient (Wildman–Crippen LogP) is 0.604. The molecule has 206 valence electrons. The highest BCUT2D eigenvalue weighted by molar-refractivity contribution is 5.95. The number of para-hydroxylation sites is 1. The SMILES string of the molecule is CC(C)C(N)C(=O)NC(CCC(=O)O)C(=O)NC(Cc1c[nH]c2ccccc12)C(=O)N1CCCC1C(=O)O. The van der Waals surface area contributed by atoms with Crippen LogP contribution in [0.15, 0.2) is 30.5 Å². The van der Waals surface area contributed by atoms with Gasteiger partial charge in [0.1, 0.15) is 18.1 Å². The molecule has 38 heavy (non-hydrogen) atoms. The lowest BCUT2D eigenvalue weighted by atomic mass is 10.0. The van der Waals surface area contributed by atoms with E-state index in [1.807, 2.05) is 24.3 Å². The van der Waals surface area contributed by atoms with Crippen LogP contribution in [0.2, 0.25) is 0 Å². The van der Waals surface area contributed by atoms with Crippen molar-refractivity contribution in [2.75, 3.05) is 6.54 Å². The largest absolute Gasteiger partial charge is 0.481 e. The van der Waals surface area contributed by atoms with Gasteiger partial charge in [0, 0.05) is 36.5 Å². The number of carbonyl (C=O) groups is 5. The lowest BCUT2D eigenvalue weighted by Crippen LogP contribution is -2.58. The molecule has 0 saturated carbocycles. The first kappa shape index (κ1) is 28.6. The molecule has 2 heterocycles. The molecule has 3 rings (SSSR count). The minimum atomic E-state index is -1.25. The van der Waals surface area contributed by atoms with Crippen molar-refractivity contribution >= 4 is 40.6 Å². The van der Waals surface area contributed by atoms with Crippen molar-refractivity contribution in [3.05, 3.63) is 36.0 Å². The number of benzene rings is 1. The third-order valence-corrected chi connectivity index (χ3v) is 6.84. The molecular formula is C26H35N5O7. The van der Waals surface area contributed by atoms with Gasteiger partial charge in [-0.05, 0) is 36.8 Å². The summed E-state index contributed by atoms with van der Waals surface area (Å²) in [4.78, 5) is 66.9. The molecule has 0 aliphatic carbocycles. The van der Waals surface area contributed by atoms with E-state index in [-0.39, 0.29) is 25.3 Å². The number of aromatic nitrogens is 1. The quantitative estimate of drug-likeness (QED) is 0.230. The fraction of sp³-hybridized carbons (Fsp3) is 0.500. The van der Waals surface area contributed by atoms with Crippen LogP contribution in [0.1, 0.15) is 45.1 Å². The number of carbonyl (C=O) groups excluding carboxylic acids is 3. The number of carboxylic acids is 2. The molecule has 3 amide bonds. The van der Waals surface area contributed by atoms with E-state index in [0.29, 0.717) is 12.8 Å². The number of hydrogen-bond acceptors (Lipinski definition) is 6. The Hall–Kier alpha value is -3.93. The Bertz CT molecular complexity index is 1190. The fourth-order valence-corrected chi connectivity index (χ4v) is 4.59. The lowest BCUT2D eigenvalue weighted by molar-refractivity contribution is -0.149. The summed E-state index contributed by atoms with van der Waals surface area (Å²) in [6, 6.07) is 3.10. The number of aliphatic carboxylic acids is 2. The van der Waals surface area contributed by atoms with Gasteiger partial charge < -0.3 is 36.5 Å².